The van der Waals surface area contributed by atoms with E-state index in [1.807, 2.05) is 0 Å². The first-order valence-corrected chi connectivity index (χ1v) is 4.79. The maximum Gasteiger partial charge on any atom is 0.573 e. The highest BCUT2D eigenvalue weighted by Crippen LogP contribution is 2.26. The van der Waals surface area contributed by atoms with Gasteiger partial charge < -0.3 is 15.5 Å². The molecule has 0 spiro atoms. The van der Waals surface area contributed by atoms with Crippen molar-refractivity contribution in [1.82, 2.24) is 4.98 Å². The van der Waals surface area contributed by atoms with Crippen molar-refractivity contribution in [2.75, 3.05) is 0 Å². The highest BCUT2D eigenvalue weighted by atomic mass is 127. The minimum absolute atomic E-state index is 0.0386. The topological polar surface area (TPSA) is 68.1 Å². The number of ether oxygens (including phenoxy) is 1. The molecule has 1 heterocycles. The summed E-state index contributed by atoms with van der Waals surface area (Å²) < 4.78 is 39.6. The maximum atomic E-state index is 11.9. The number of H-pyrrole nitrogens is 1. The van der Waals surface area contributed by atoms with E-state index >= 15 is 0 Å². The van der Waals surface area contributed by atoms with E-state index in [2.05, 4.69) is 9.72 Å². The molecular formula is C7H6F3IN2O2. The molecule has 0 aliphatic carbocycles. The van der Waals surface area contributed by atoms with Gasteiger partial charge in [0.05, 0.1) is 3.57 Å². The van der Waals surface area contributed by atoms with Gasteiger partial charge in [-0.25, -0.2) is 0 Å². The van der Waals surface area contributed by atoms with Gasteiger partial charge in [0.25, 0.3) is 5.56 Å². The number of aromatic nitrogens is 1. The van der Waals surface area contributed by atoms with Gasteiger partial charge in [-0.2, -0.15) is 0 Å². The number of hydrogen-bond donors (Lipinski definition) is 2. The molecule has 0 unspecified atom stereocenters. The molecule has 84 valence electrons. The summed E-state index contributed by atoms with van der Waals surface area (Å²) in [5.41, 5.74) is 4.78. The lowest BCUT2D eigenvalue weighted by molar-refractivity contribution is -0.275. The van der Waals surface area contributed by atoms with Gasteiger partial charge in [0, 0.05) is 18.3 Å². The van der Waals surface area contributed by atoms with Gasteiger partial charge in [-0.15, -0.1) is 13.2 Å². The van der Waals surface area contributed by atoms with E-state index in [1.54, 1.807) is 22.6 Å². The van der Waals surface area contributed by atoms with Crippen molar-refractivity contribution >= 4 is 22.6 Å². The van der Waals surface area contributed by atoms with E-state index < -0.39 is 17.7 Å². The lowest BCUT2D eigenvalue weighted by atomic mass is 10.2. The van der Waals surface area contributed by atoms with E-state index in [1.165, 1.54) is 0 Å². The molecule has 0 bridgehead atoms. The van der Waals surface area contributed by atoms with Crippen molar-refractivity contribution in [3.05, 3.63) is 25.7 Å². The summed E-state index contributed by atoms with van der Waals surface area (Å²) >= 11 is 1.61. The number of alkyl halides is 3. The van der Waals surface area contributed by atoms with Crippen LogP contribution in [0.1, 0.15) is 5.56 Å². The van der Waals surface area contributed by atoms with Crippen LogP contribution >= 0.6 is 22.6 Å². The fourth-order valence-electron chi connectivity index (χ4n) is 0.933. The Hall–Kier alpha value is -0.770. The molecular weight excluding hydrogens is 328 g/mol. The Morgan fingerprint density at radius 1 is 1.53 bits per heavy atom. The standard InChI is InChI=1S/C7H6F3IN2O2/c8-7(9,10)15-4-2-13-6(14)5(11)3(4)1-12/h2H,1,12H2,(H,13,14). The number of hydrogen-bond acceptors (Lipinski definition) is 3. The van der Waals surface area contributed by atoms with Crippen LogP contribution in [0.3, 0.4) is 0 Å². The van der Waals surface area contributed by atoms with E-state index in [9.17, 15) is 18.0 Å². The van der Waals surface area contributed by atoms with Crippen molar-refractivity contribution in [2.45, 2.75) is 12.9 Å². The Labute approximate surface area is 95.8 Å². The van der Waals surface area contributed by atoms with E-state index in [0.717, 1.165) is 6.20 Å². The molecule has 0 aliphatic rings. The van der Waals surface area contributed by atoms with Gasteiger partial charge in [-0.1, -0.05) is 0 Å². The third-order valence-corrected chi connectivity index (χ3v) is 2.67. The average molecular weight is 334 g/mol. The van der Waals surface area contributed by atoms with Crippen LogP contribution in [-0.4, -0.2) is 11.3 Å². The van der Waals surface area contributed by atoms with Crippen LogP contribution in [0.15, 0.2) is 11.0 Å². The monoisotopic (exact) mass is 334 g/mol. The SMILES string of the molecule is NCc1c(OC(F)(F)F)c[nH]c(=O)c1I. The molecule has 8 heteroatoms. The smallest absolute Gasteiger partial charge is 0.404 e. The van der Waals surface area contributed by atoms with Crippen LogP contribution < -0.4 is 16.0 Å². The first kappa shape index (κ1) is 12.3. The number of halogens is 4. The molecule has 0 radical (unpaired) electrons. The second-order valence-corrected chi connectivity index (χ2v) is 3.61. The molecule has 0 saturated carbocycles. The average Bonchev–Trinajstić information content (AvgIpc) is 2.10. The summed E-state index contributed by atoms with van der Waals surface area (Å²) in [6, 6.07) is 0. The summed E-state index contributed by atoms with van der Waals surface area (Å²) in [6.07, 6.45) is -3.95. The molecule has 0 amide bonds. The van der Waals surface area contributed by atoms with E-state index in [0.29, 0.717) is 0 Å². The van der Waals surface area contributed by atoms with Gasteiger partial charge >= 0.3 is 6.36 Å². The molecule has 3 N–H and O–H groups in total. The third-order valence-electron chi connectivity index (χ3n) is 1.53. The number of nitrogens with one attached hydrogen (secondary N) is 1. The number of aromatic amines is 1. The van der Waals surface area contributed by atoms with E-state index in [4.69, 9.17) is 5.73 Å². The molecule has 1 rings (SSSR count). The maximum absolute atomic E-state index is 11.9. The number of pyridine rings is 1. The number of rotatable bonds is 2. The van der Waals surface area contributed by atoms with Crippen LogP contribution in [-0.2, 0) is 6.54 Å². The second-order valence-electron chi connectivity index (χ2n) is 2.53. The zero-order valence-electron chi connectivity index (χ0n) is 7.19. The Bertz CT molecular complexity index is 416. The lowest BCUT2D eigenvalue weighted by Gasteiger charge is -2.12. The third kappa shape index (κ3) is 3.09. The largest absolute Gasteiger partial charge is 0.573 e. The molecule has 1 aromatic heterocycles. The second kappa shape index (κ2) is 4.39. The summed E-state index contributed by atoms with van der Waals surface area (Å²) in [4.78, 5) is 13.2. The molecule has 15 heavy (non-hydrogen) atoms. The highest BCUT2D eigenvalue weighted by Gasteiger charge is 2.32. The summed E-state index contributed by atoms with van der Waals surface area (Å²) in [5, 5.41) is 0. The van der Waals surface area contributed by atoms with E-state index in [-0.39, 0.29) is 15.7 Å². The summed E-state index contributed by atoms with van der Waals surface area (Å²) in [5.74, 6) is -0.478. The van der Waals surface area contributed by atoms with Gasteiger partial charge in [-0.3, -0.25) is 4.79 Å². The first-order chi connectivity index (χ1) is 6.85. The lowest BCUT2D eigenvalue weighted by Crippen LogP contribution is -2.22. The molecule has 0 atom stereocenters. The molecule has 1 aromatic rings. The quantitative estimate of drug-likeness (QED) is 0.802. The van der Waals surface area contributed by atoms with Crippen LogP contribution in [0.25, 0.3) is 0 Å². The zero-order chi connectivity index (χ0) is 11.6. The van der Waals surface area contributed by atoms with Crippen molar-refractivity contribution < 1.29 is 17.9 Å². The van der Waals surface area contributed by atoms with Gasteiger partial charge in [0.15, 0.2) is 5.75 Å². The molecule has 0 aliphatic heterocycles. The van der Waals surface area contributed by atoms with Crippen molar-refractivity contribution in [1.29, 1.82) is 0 Å². The molecule has 0 aromatic carbocycles. The van der Waals surface area contributed by atoms with Crippen LogP contribution in [0, 0.1) is 3.57 Å². The van der Waals surface area contributed by atoms with Gasteiger partial charge in [-0.05, 0) is 22.6 Å². The summed E-state index contributed by atoms with van der Waals surface area (Å²) in [6.45, 7) is -0.201. The van der Waals surface area contributed by atoms with Crippen molar-refractivity contribution in [2.24, 2.45) is 5.73 Å². The minimum Gasteiger partial charge on any atom is -0.404 e. The van der Waals surface area contributed by atoms with Crippen LogP contribution in [0.4, 0.5) is 13.2 Å². The molecule has 0 saturated heterocycles. The number of nitrogens with two attached hydrogens (primary N) is 1. The van der Waals surface area contributed by atoms with Crippen molar-refractivity contribution in [3.63, 3.8) is 0 Å². The normalized spacial score (nSPS) is 11.5. The predicted octanol–water partition coefficient (Wildman–Crippen LogP) is 1.34. The minimum atomic E-state index is -4.80. The van der Waals surface area contributed by atoms with Crippen LogP contribution in [0.2, 0.25) is 0 Å². The zero-order valence-corrected chi connectivity index (χ0v) is 9.35. The highest BCUT2D eigenvalue weighted by molar-refractivity contribution is 14.1. The Balaban J connectivity index is 3.20. The predicted molar refractivity (Wildman–Crippen MR) is 54.4 cm³/mol. The Kier molecular flexibility index (Phi) is 3.60. The first-order valence-electron chi connectivity index (χ1n) is 3.71. The fourth-order valence-corrected chi connectivity index (χ4v) is 1.57. The van der Waals surface area contributed by atoms with Crippen LogP contribution in [0.5, 0.6) is 5.75 Å². The Morgan fingerprint density at radius 2 is 2.13 bits per heavy atom. The Morgan fingerprint density at radius 3 is 2.60 bits per heavy atom. The summed E-state index contributed by atoms with van der Waals surface area (Å²) in [7, 11) is 0. The van der Waals surface area contributed by atoms with Crippen molar-refractivity contribution in [3.8, 4) is 5.75 Å². The fraction of sp³-hybridized carbons (Fsp3) is 0.286. The van der Waals surface area contributed by atoms with Gasteiger partial charge in [0.2, 0.25) is 0 Å². The molecule has 0 fully saturated rings. The van der Waals surface area contributed by atoms with Gasteiger partial charge in [0.1, 0.15) is 0 Å². The molecule has 4 nitrogen and oxygen atoms in total.